The second kappa shape index (κ2) is 5.52. The van der Waals surface area contributed by atoms with E-state index >= 15 is 0 Å². The number of halogens is 2. The molecule has 1 aliphatic heterocycles. The van der Waals surface area contributed by atoms with Crippen LogP contribution < -0.4 is 10.0 Å². The highest BCUT2D eigenvalue weighted by Crippen LogP contribution is 2.18. The van der Waals surface area contributed by atoms with Crippen LogP contribution in [0.3, 0.4) is 0 Å². The molecule has 0 bridgehead atoms. The highest BCUT2D eigenvalue weighted by atomic mass is 32.2. The fourth-order valence-electron chi connectivity index (χ4n) is 2.21. The second-order valence-electron chi connectivity index (χ2n) is 4.89. The van der Waals surface area contributed by atoms with Crippen LogP contribution in [0, 0.1) is 17.6 Å². The number of rotatable bonds is 3. The summed E-state index contributed by atoms with van der Waals surface area (Å²) in [5.74, 6) is -1.40. The molecule has 2 unspecified atom stereocenters. The number of hydrogen-bond acceptors (Lipinski definition) is 3. The van der Waals surface area contributed by atoms with E-state index in [1.165, 1.54) is 0 Å². The van der Waals surface area contributed by atoms with Gasteiger partial charge in [0.05, 0.1) is 0 Å². The summed E-state index contributed by atoms with van der Waals surface area (Å²) in [5, 5.41) is 3.09. The van der Waals surface area contributed by atoms with Gasteiger partial charge in [0.2, 0.25) is 10.0 Å². The second-order valence-corrected chi connectivity index (χ2v) is 6.57. The molecule has 0 aliphatic carbocycles. The van der Waals surface area contributed by atoms with Gasteiger partial charge in [-0.1, -0.05) is 6.92 Å². The highest BCUT2D eigenvalue weighted by Gasteiger charge is 2.26. The number of sulfonamides is 1. The molecule has 0 spiro atoms. The molecule has 0 amide bonds. The molecule has 1 aromatic rings. The van der Waals surface area contributed by atoms with Gasteiger partial charge in [-0.05, 0) is 37.1 Å². The Morgan fingerprint density at radius 2 is 2.05 bits per heavy atom. The van der Waals surface area contributed by atoms with Crippen LogP contribution in [0.15, 0.2) is 23.1 Å². The summed E-state index contributed by atoms with van der Waals surface area (Å²) >= 11 is 0. The number of benzene rings is 1. The lowest BCUT2D eigenvalue weighted by Crippen LogP contribution is -2.48. The van der Waals surface area contributed by atoms with Crippen LogP contribution in [-0.4, -0.2) is 27.5 Å². The van der Waals surface area contributed by atoms with E-state index in [-0.39, 0.29) is 6.04 Å². The quantitative estimate of drug-likeness (QED) is 0.880. The zero-order valence-corrected chi connectivity index (χ0v) is 11.3. The Hall–Kier alpha value is -1.05. The minimum absolute atomic E-state index is 0.309. The van der Waals surface area contributed by atoms with E-state index in [2.05, 4.69) is 10.0 Å². The summed E-state index contributed by atoms with van der Waals surface area (Å²) in [4.78, 5) is -0.647. The van der Waals surface area contributed by atoms with Gasteiger partial charge in [-0.2, -0.15) is 0 Å². The molecule has 0 aromatic heterocycles. The first-order valence-corrected chi connectivity index (χ1v) is 7.55. The molecule has 1 heterocycles. The van der Waals surface area contributed by atoms with E-state index in [1.54, 1.807) is 0 Å². The van der Waals surface area contributed by atoms with Crippen molar-refractivity contribution in [1.82, 2.24) is 10.0 Å². The van der Waals surface area contributed by atoms with Crippen LogP contribution in [0.5, 0.6) is 0 Å². The zero-order valence-electron chi connectivity index (χ0n) is 10.5. The SMILES string of the molecule is CC1CNCC(NS(=O)(=O)c2cc(F)ccc2F)C1. The molecule has 0 saturated carbocycles. The maximum absolute atomic E-state index is 13.5. The van der Waals surface area contributed by atoms with Crippen molar-refractivity contribution in [2.24, 2.45) is 5.92 Å². The minimum atomic E-state index is -4.04. The Balaban J connectivity index is 2.20. The molecule has 1 saturated heterocycles. The smallest absolute Gasteiger partial charge is 0.243 e. The average molecular weight is 290 g/mol. The Morgan fingerprint density at radius 3 is 2.74 bits per heavy atom. The van der Waals surface area contributed by atoms with Gasteiger partial charge >= 0.3 is 0 Å². The molecule has 7 heteroatoms. The van der Waals surface area contributed by atoms with Crippen molar-refractivity contribution < 1.29 is 17.2 Å². The Bertz CT molecular complexity index is 563. The van der Waals surface area contributed by atoms with E-state index in [4.69, 9.17) is 0 Å². The van der Waals surface area contributed by atoms with E-state index in [0.717, 1.165) is 18.7 Å². The Morgan fingerprint density at radius 1 is 1.32 bits per heavy atom. The van der Waals surface area contributed by atoms with Gasteiger partial charge in [0.15, 0.2) is 0 Å². The number of hydrogen-bond donors (Lipinski definition) is 2. The van der Waals surface area contributed by atoms with E-state index in [9.17, 15) is 17.2 Å². The van der Waals surface area contributed by atoms with Gasteiger partial charge in [0.25, 0.3) is 0 Å². The standard InChI is InChI=1S/C12H16F2N2O2S/c1-8-4-10(7-15-6-8)16-19(17,18)12-5-9(13)2-3-11(12)14/h2-3,5,8,10,15-16H,4,6-7H2,1H3. The van der Waals surface area contributed by atoms with Crippen molar-refractivity contribution in [1.29, 1.82) is 0 Å². The molecule has 106 valence electrons. The molecule has 2 rings (SSSR count). The summed E-state index contributed by atoms with van der Waals surface area (Å²) in [6.07, 6.45) is 0.670. The summed E-state index contributed by atoms with van der Waals surface area (Å²) in [5.41, 5.74) is 0. The molecule has 4 nitrogen and oxygen atoms in total. The first kappa shape index (κ1) is 14.4. The third-order valence-electron chi connectivity index (χ3n) is 3.08. The van der Waals surface area contributed by atoms with Gasteiger partial charge in [0.1, 0.15) is 16.5 Å². The van der Waals surface area contributed by atoms with Crippen LogP contribution in [0.1, 0.15) is 13.3 Å². The summed E-state index contributed by atoms with van der Waals surface area (Å²) in [6, 6.07) is 2.08. The molecule has 1 fully saturated rings. The van der Waals surface area contributed by atoms with Crippen LogP contribution in [0.25, 0.3) is 0 Å². The van der Waals surface area contributed by atoms with Crippen LogP contribution in [0.2, 0.25) is 0 Å². The molecule has 0 radical (unpaired) electrons. The Kier molecular flexibility index (Phi) is 4.17. The number of nitrogens with one attached hydrogen (secondary N) is 2. The first-order valence-electron chi connectivity index (χ1n) is 6.06. The maximum Gasteiger partial charge on any atom is 0.243 e. The van der Waals surface area contributed by atoms with Gasteiger partial charge in [-0.15, -0.1) is 0 Å². The van der Waals surface area contributed by atoms with Crippen molar-refractivity contribution >= 4 is 10.0 Å². The highest BCUT2D eigenvalue weighted by molar-refractivity contribution is 7.89. The predicted octanol–water partition coefficient (Wildman–Crippen LogP) is 1.24. The largest absolute Gasteiger partial charge is 0.315 e. The van der Waals surface area contributed by atoms with E-state index in [1.807, 2.05) is 6.92 Å². The molecule has 1 aliphatic rings. The Labute approximate surface area is 111 Å². The lowest BCUT2D eigenvalue weighted by molar-refractivity contribution is 0.346. The normalized spacial score (nSPS) is 24.4. The fourth-order valence-corrected chi connectivity index (χ4v) is 3.55. The minimum Gasteiger partial charge on any atom is -0.315 e. The van der Waals surface area contributed by atoms with Crippen molar-refractivity contribution in [2.75, 3.05) is 13.1 Å². The van der Waals surface area contributed by atoms with Crippen LogP contribution in [-0.2, 0) is 10.0 Å². The topological polar surface area (TPSA) is 58.2 Å². The molecule has 19 heavy (non-hydrogen) atoms. The molecular formula is C12H16F2N2O2S. The summed E-state index contributed by atoms with van der Waals surface area (Å²) in [6.45, 7) is 3.31. The zero-order chi connectivity index (χ0) is 14.0. The van der Waals surface area contributed by atoms with Crippen molar-refractivity contribution in [3.63, 3.8) is 0 Å². The molecule has 2 N–H and O–H groups in total. The molecule has 2 atom stereocenters. The summed E-state index contributed by atoms with van der Waals surface area (Å²) in [7, 11) is -4.04. The number of piperidine rings is 1. The lowest BCUT2D eigenvalue weighted by Gasteiger charge is -2.28. The average Bonchev–Trinajstić information content (AvgIpc) is 2.31. The van der Waals surface area contributed by atoms with E-state index < -0.39 is 26.6 Å². The van der Waals surface area contributed by atoms with Gasteiger partial charge in [-0.3, -0.25) is 0 Å². The third-order valence-corrected chi connectivity index (χ3v) is 4.61. The predicted molar refractivity (Wildman–Crippen MR) is 67.1 cm³/mol. The van der Waals surface area contributed by atoms with E-state index in [0.29, 0.717) is 24.9 Å². The van der Waals surface area contributed by atoms with Gasteiger partial charge in [0, 0.05) is 12.6 Å². The lowest BCUT2D eigenvalue weighted by atomic mass is 9.99. The molecular weight excluding hydrogens is 274 g/mol. The van der Waals surface area contributed by atoms with Crippen molar-refractivity contribution in [3.05, 3.63) is 29.8 Å². The van der Waals surface area contributed by atoms with Gasteiger partial charge < -0.3 is 5.32 Å². The fraction of sp³-hybridized carbons (Fsp3) is 0.500. The monoisotopic (exact) mass is 290 g/mol. The van der Waals surface area contributed by atoms with Crippen LogP contribution >= 0.6 is 0 Å². The van der Waals surface area contributed by atoms with Crippen molar-refractivity contribution in [3.8, 4) is 0 Å². The molecule has 1 aromatic carbocycles. The maximum atomic E-state index is 13.5. The first-order chi connectivity index (χ1) is 8.88. The third kappa shape index (κ3) is 3.49. The summed E-state index contributed by atoms with van der Waals surface area (Å²) < 4.78 is 53.0. The van der Waals surface area contributed by atoms with Crippen LogP contribution in [0.4, 0.5) is 8.78 Å². The van der Waals surface area contributed by atoms with Crippen molar-refractivity contribution in [2.45, 2.75) is 24.3 Å². The van der Waals surface area contributed by atoms with Gasteiger partial charge in [-0.25, -0.2) is 21.9 Å².